The third-order valence-electron chi connectivity index (χ3n) is 5.50. The van der Waals surface area contributed by atoms with Crippen molar-refractivity contribution in [3.05, 3.63) is 71.4 Å². The number of rotatable bonds is 8. The summed E-state index contributed by atoms with van der Waals surface area (Å²) in [6.45, 7) is 4.09. The number of aromatic nitrogens is 2. The summed E-state index contributed by atoms with van der Waals surface area (Å²) in [5.41, 5.74) is 9.42. The lowest BCUT2D eigenvalue weighted by Crippen LogP contribution is -2.38. The van der Waals surface area contributed by atoms with Crippen LogP contribution in [0.25, 0.3) is 5.69 Å². The minimum atomic E-state index is 0.0565. The van der Waals surface area contributed by atoms with E-state index in [9.17, 15) is 5.26 Å². The van der Waals surface area contributed by atoms with E-state index >= 15 is 0 Å². The fourth-order valence-corrected chi connectivity index (χ4v) is 3.89. The summed E-state index contributed by atoms with van der Waals surface area (Å²) in [6.07, 6.45) is 2.36. The average Bonchev–Trinajstić information content (AvgIpc) is 3.40. The number of hydrogen-bond acceptors (Lipinski definition) is 5. The normalized spacial score (nSPS) is 14.9. The molecule has 8 heteroatoms. The SMILES string of the molecule is CCNC(=NCC1Cc2ccccc2O1)NCCCc1nn(-c2ccccc2)c(N)c1C#N. The van der Waals surface area contributed by atoms with E-state index in [-0.39, 0.29) is 6.10 Å². The highest BCUT2D eigenvalue weighted by atomic mass is 16.5. The van der Waals surface area contributed by atoms with Crippen LogP contribution in [0.15, 0.2) is 59.6 Å². The van der Waals surface area contributed by atoms with Gasteiger partial charge in [0.1, 0.15) is 29.3 Å². The van der Waals surface area contributed by atoms with Crippen molar-refractivity contribution in [2.24, 2.45) is 4.99 Å². The van der Waals surface area contributed by atoms with Crippen molar-refractivity contribution in [2.75, 3.05) is 25.4 Å². The number of para-hydroxylation sites is 2. The van der Waals surface area contributed by atoms with E-state index in [1.165, 1.54) is 5.56 Å². The molecule has 0 amide bonds. The predicted molar refractivity (Wildman–Crippen MR) is 130 cm³/mol. The number of nitriles is 1. The molecule has 1 aromatic heterocycles. The number of nitrogens with two attached hydrogens (primary N) is 1. The Kier molecular flexibility index (Phi) is 7.10. The quantitative estimate of drug-likeness (QED) is 0.280. The highest BCUT2D eigenvalue weighted by Gasteiger charge is 2.22. The van der Waals surface area contributed by atoms with E-state index in [0.29, 0.717) is 36.6 Å². The smallest absolute Gasteiger partial charge is 0.191 e. The Hall–Kier alpha value is -3.99. The molecule has 170 valence electrons. The second-order valence-electron chi connectivity index (χ2n) is 7.87. The number of fused-ring (bicyclic) bond motifs is 1. The van der Waals surface area contributed by atoms with Crippen molar-refractivity contribution in [2.45, 2.75) is 32.3 Å². The molecule has 2 heterocycles. The molecule has 1 unspecified atom stereocenters. The van der Waals surface area contributed by atoms with Gasteiger partial charge in [0.25, 0.3) is 0 Å². The Morgan fingerprint density at radius 3 is 2.76 bits per heavy atom. The van der Waals surface area contributed by atoms with E-state index in [0.717, 1.165) is 36.8 Å². The number of nitrogens with zero attached hydrogens (tertiary/aromatic N) is 4. The molecule has 0 spiro atoms. The molecule has 0 aliphatic carbocycles. The second-order valence-corrected chi connectivity index (χ2v) is 7.87. The largest absolute Gasteiger partial charge is 0.488 e. The van der Waals surface area contributed by atoms with Gasteiger partial charge in [-0.15, -0.1) is 0 Å². The van der Waals surface area contributed by atoms with Crippen LogP contribution in [0.2, 0.25) is 0 Å². The molecule has 3 aromatic rings. The van der Waals surface area contributed by atoms with Gasteiger partial charge in [-0.3, -0.25) is 0 Å². The first-order chi connectivity index (χ1) is 16.2. The van der Waals surface area contributed by atoms with Crippen LogP contribution in [0.3, 0.4) is 0 Å². The zero-order chi connectivity index (χ0) is 23.0. The number of aliphatic imine (C=N–C) groups is 1. The van der Waals surface area contributed by atoms with Gasteiger partial charge in [0, 0.05) is 19.5 Å². The van der Waals surface area contributed by atoms with Gasteiger partial charge in [-0.2, -0.15) is 10.4 Å². The summed E-state index contributed by atoms with van der Waals surface area (Å²) < 4.78 is 7.61. The molecule has 8 nitrogen and oxygen atoms in total. The topological polar surface area (TPSA) is 113 Å². The Labute approximate surface area is 194 Å². The third-order valence-corrected chi connectivity index (χ3v) is 5.50. The first kappa shape index (κ1) is 22.2. The minimum absolute atomic E-state index is 0.0565. The molecule has 1 atom stereocenters. The van der Waals surface area contributed by atoms with Gasteiger partial charge >= 0.3 is 0 Å². The third kappa shape index (κ3) is 5.26. The van der Waals surface area contributed by atoms with E-state index in [1.54, 1.807) is 4.68 Å². The van der Waals surface area contributed by atoms with Crippen molar-refractivity contribution >= 4 is 11.8 Å². The zero-order valence-corrected chi connectivity index (χ0v) is 18.8. The van der Waals surface area contributed by atoms with E-state index in [2.05, 4.69) is 27.9 Å². The van der Waals surface area contributed by atoms with Crippen molar-refractivity contribution < 1.29 is 4.74 Å². The number of guanidine groups is 1. The monoisotopic (exact) mass is 443 g/mol. The Morgan fingerprint density at radius 1 is 1.21 bits per heavy atom. The summed E-state index contributed by atoms with van der Waals surface area (Å²) in [5, 5.41) is 20.8. The summed E-state index contributed by atoms with van der Waals surface area (Å²) in [5.74, 6) is 2.09. The lowest BCUT2D eigenvalue weighted by Gasteiger charge is -2.13. The lowest BCUT2D eigenvalue weighted by atomic mass is 10.1. The standard InChI is InChI=1S/C25H29N7O/c1-2-28-25(30-17-20-15-18-9-6-7-13-23(18)33-20)29-14-8-12-22-21(16-26)24(27)32(31-22)19-10-4-3-5-11-19/h3-7,9-11,13,20H,2,8,12,14-15,17,27H2,1H3,(H2,28,29,30). The molecule has 2 aromatic carbocycles. The highest BCUT2D eigenvalue weighted by Crippen LogP contribution is 2.28. The number of nitrogen functional groups attached to an aromatic ring is 1. The van der Waals surface area contributed by atoms with E-state index in [4.69, 9.17) is 15.5 Å². The average molecular weight is 444 g/mol. The predicted octanol–water partition coefficient (Wildman–Crippen LogP) is 2.82. The number of benzene rings is 2. The van der Waals surface area contributed by atoms with Crippen molar-refractivity contribution in [1.82, 2.24) is 20.4 Å². The van der Waals surface area contributed by atoms with Crippen LogP contribution in [0, 0.1) is 11.3 Å². The van der Waals surface area contributed by atoms with Crippen molar-refractivity contribution in [1.29, 1.82) is 5.26 Å². The van der Waals surface area contributed by atoms with Crippen LogP contribution in [-0.4, -0.2) is 41.5 Å². The van der Waals surface area contributed by atoms with Crippen LogP contribution >= 0.6 is 0 Å². The van der Waals surface area contributed by atoms with Crippen LogP contribution < -0.4 is 21.1 Å². The first-order valence-electron chi connectivity index (χ1n) is 11.3. The summed E-state index contributed by atoms with van der Waals surface area (Å²) >= 11 is 0. The number of hydrogen-bond donors (Lipinski definition) is 3. The fourth-order valence-electron chi connectivity index (χ4n) is 3.89. The van der Waals surface area contributed by atoms with Crippen LogP contribution in [0.5, 0.6) is 5.75 Å². The molecule has 0 saturated carbocycles. The number of aryl methyl sites for hydroxylation is 1. The molecule has 4 N–H and O–H groups in total. The molecular formula is C25H29N7O. The Bertz CT molecular complexity index is 1120. The van der Waals surface area contributed by atoms with Crippen LogP contribution in [0.1, 0.15) is 30.2 Å². The van der Waals surface area contributed by atoms with Gasteiger partial charge in [0.05, 0.1) is 17.9 Å². The Balaban J connectivity index is 1.32. The first-order valence-corrected chi connectivity index (χ1v) is 11.3. The molecule has 33 heavy (non-hydrogen) atoms. The number of anilines is 1. The molecule has 0 radical (unpaired) electrons. The fraction of sp³-hybridized carbons (Fsp3) is 0.320. The molecule has 0 saturated heterocycles. The molecule has 1 aliphatic heterocycles. The summed E-state index contributed by atoms with van der Waals surface area (Å²) in [6, 6.07) is 19.9. The molecule has 4 rings (SSSR count). The van der Waals surface area contributed by atoms with Gasteiger partial charge in [-0.25, -0.2) is 9.67 Å². The molecular weight excluding hydrogens is 414 g/mol. The maximum Gasteiger partial charge on any atom is 0.191 e. The molecule has 1 aliphatic rings. The zero-order valence-electron chi connectivity index (χ0n) is 18.8. The lowest BCUT2D eigenvalue weighted by molar-refractivity contribution is 0.241. The molecule has 0 bridgehead atoms. The van der Waals surface area contributed by atoms with Crippen LogP contribution in [0.4, 0.5) is 5.82 Å². The Morgan fingerprint density at radius 2 is 2.00 bits per heavy atom. The van der Waals surface area contributed by atoms with Gasteiger partial charge < -0.3 is 21.1 Å². The van der Waals surface area contributed by atoms with Crippen molar-refractivity contribution in [3.63, 3.8) is 0 Å². The van der Waals surface area contributed by atoms with Gasteiger partial charge in [0.2, 0.25) is 0 Å². The number of ether oxygens (including phenoxy) is 1. The van der Waals surface area contributed by atoms with Crippen molar-refractivity contribution in [3.8, 4) is 17.5 Å². The van der Waals surface area contributed by atoms with Gasteiger partial charge in [0.15, 0.2) is 5.96 Å². The van der Waals surface area contributed by atoms with Gasteiger partial charge in [-0.05, 0) is 43.5 Å². The summed E-state index contributed by atoms with van der Waals surface area (Å²) in [7, 11) is 0. The summed E-state index contributed by atoms with van der Waals surface area (Å²) in [4.78, 5) is 4.69. The molecule has 0 fully saturated rings. The highest BCUT2D eigenvalue weighted by molar-refractivity contribution is 5.79. The van der Waals surface area contributed by atoms with E-state index in [1.807, 2.05) is 55.5 Å². The van der Waals surface area contributed by atoms with Crippen LogP contribution in [-0.2, 0) is 12.8 Å². The maximum absolute atomic E-state index is 9.57. The van der Waals surface area contributed by atoms with Gasteiger partial charge in [-0.1, -0.05) is 36.4 Å². The maximum atomic E-state index is 9.57. The second kappa shape index (κ2) is 10.6. The number of nitrogens with one attached hydrogen (secondary N) is 2. The minimum Gasteiger partial charge on any atom is -0.488 e. The van der Waals surface area contributed by atoms with E-state index < -0.39 is 0 Å².